The van der Waals surface area contributed by atoms with Gasteiger partial charge in [0.15, 0.2) is 0 Å². The summed E-state index contributed by atoms with van der Waals surface area (Å²) in [5.74, 6) is 5.35. The lowest BCUT2D eigenvalue weighted by Gasteiger charge is -2.19. The van der Waals surface area contributed by atoms with Crippen molar-refractivity contribution in [3.05, 3.63) is 35.4 Å². The van der Waals surface area contributed by atoms with E-state index in [0.29, 0.717) is 6.54 Å². The lowest BCUT2D eigenvalue weighted by Crippen LogP contribution is -2.32. The van der Waals surface area contributed by atoms with Gasteiger partial charge < -0.3 is 5.11 Å². The maximum atomic E-state index is 11.9. The third-order valence-electron chi connectivity index (χ3n) is 2.70. The van der Waals surface area contributed by atoms with E-state index in [2.05, 4.69) is 11.8 Å². The van der Waals surface area contributed by atoms with Crippen molar-refractivity contribution >= 4 is 10.0 Å². The molecular formula is C14H19NO3S. The van der Waals surface area contributed by atoms with Gasteiger partial charge in [0.1, 0.15) is 6.61 Å². The molecule has 0 amide bonds. The second kappa shape index (κ2) is 6.71. The fourth-order valence-corrected chi connectivity index (χ4v) is 2.59. The number of rotatable bonds is 4. The third kappa shape index (κ3) is 4.35. The van der Waals surface area contributed by atoms with E-state index >= 15 is 0 Å². The van der Waals surface area contributed by atoms with Gasteiger partial charge in [0.2, 0.25) is 10.0 Å². The minimum atomic E-state index is -3.23. The largest absolute Gasteiger partial charge is 0.384 e. The number of benzene rings is 1. The summed E-state index contributed by atoms with van der Waals surface area (Å²) in [6.07, 6.45) is 0. The first-order valence-electron chi connectivity index (χ1n) is 6.01. The average molecular weight is 281 g/mol. The molecule has 0 radical (unpaired) electrons. The highest BCUT2D eigenvalue weighted by atomic mass is 32.2. The summed E-state index contributed by atoms with van der Waals surface area (Å²) in [7, 11) is -1.65. The van der Waals surface area contributed by atoms with Gasteiger partial charge in [0.25, 0.3) is 0 Å². The molecule has 0 heterocycles. The van der Waals surface area contributed by atoms with Crippen LogP contribution in [0.15, 0.2) is 24.3 Å². The fraction of sp³-hybridized carbons (Fsp3) is 0.429. The number of hydrogen-bond acceptors (Lipinski definition) is 3. The maximum absolute atomic E-state index is 11.9. The molecule has 0 aromatic heterocycles. The van der Waals surface area contributed by atoms with Crippen molar-refractivity contribution in [3.8, 4) is 11.8 Å². The smallest absolute Gasteiger partial charge is 0.216 e. The van der Waals surface area contributed by atoms with E-state index in [1.54, 1.807) is 20.9 Å². The summed E-state index contributed by atoms with van der Waals surface area (Å²) >= 11 is 0. The molecule has 0 saturated heterocycles. The summed E-state index contributed by atoms with van der Waals surface area (Å²) in [6, 6.07) is 7.31. The number of hydrogen-bond donors (Lipinski definition) is 1. The van der Waals surface area contributed by atoms with Gasteiger partial charge in [0.05, 0.1) is 5.25 Å². The fourth-order valence-electron chi connectivity index (χ4n) is 1.54. The quantitative estimate of drug-likeness (QED) is 0.844. The van der Waals surface area contributed by atoms with Crippen molar-refractivity contribution in [2.75, 3.05) is 13.7 Å². The minimum absolute atomic E-state index is 0.170. The van der Waals surface area contributed by atoms with Gasteiger partial charge >= 0.3 is 0 Å². The van der Waals surface area contributed by atoms with Gasteiger partial charge in [-0.3, -0.25) is 0 Å². The molecular weight excluding hydrogens is 262 g/mol. The van der Waals surface area contributed by atoms with Crippen molar-refractivity contribution in [3.63, 3.8) is 0 Å². The average Bonchev–Trinajstić information content (AvgIpc) is 2.37. The first kappa shape index (κ1) is 15.7. The topological polar surface area (TPSA) is 57.6 Å². The van der Waals surface area contributed by atoms with Crippen LogP contribution in [0.2, 0.25) is 0 Å². The molecule has 104 valence electrons. The zero-order chi connectivity index (χ0) is 14.5. The van der Waals surface area contributed by atoms with Crippen LogP contribution in [0.1, 0.15) is 25.0 Å². The molecule has 1 N–H and O–H groups in total. The molecule has 0 aliphatic rings. The van der Waals surface area contributed by atoms with Crippen molar-refractivity contribution in [1.82, 2.24) is 4.31 Å². The SMILES string of the molecule is CC(C)S(=O)(=O)N(C)Cc1ccc(C#CCO)cc1. The summed E-state index contributed by atoms with van der Waals surface area (Å²) in [4.78, 5) is 0. The van der Waals surface area contributed by atoms with Crippen LogP contribution in [0.4, 0.5) is 0 Å². The molecule has 4 nitrogen and oxygen atoms in total. The summed E-state index contributed by atoms with van der Waals surface area (Å²) in [6.45, 7) is 3.50. The summed E-state index contributed by atoms with van der Waals surface area (Å²) in [5, 5.41) is 8.17. The highest BCUT2D eigenvalue weighted by Gasteiger charge is 2.21. The molecule has 0 fully saturated rings. The van der Waals surface area contributed by atoms with Crippen LogP contribution in [0, 0.1) is 11.8 Å². The molecule has 1 aromatic rings. The van der Waals surface area contributed by atoms with E-state index in [4.69, 9.17) is 5.11 Å². The lowest BCUT2D eigenvalue weighted by atomic mass is 10.1. The Labute approximate surface area is 115 Å². The van der Waals surface area contributed by atoms with Crippen molar-refractivity contribution < 1.29 is 13.5 Å². The van der Waals surface area contributed by atoms with Crippen molar-refractivity contribution in [2.24, 2.45) is 0 Å². The van der Waals surface area contributed by atoms with Crippen molar-refractivity contribution in [2.45, 2.75) is 25.6 Å². The zero-order valence-electron chi connectivity index (χ0n) is 11.4. The number of sulfonamides is 1. The van der Waals surface area contributed by atoms with Gasteiger partial charge in [-0.1, -0.05) is 24.0 Å². The van der Waals surface area contributed by atoms with Gasteiger partial charge in [-0.25, -0.2) is 12.7 Å². The van der Waals surface area contributed by atoms with Gasteiger partial charge in [-0.15, -0.1) is 0 Å². The van der Waals surface area contributed by atoms with E-state index in [-0.39, 0.29) is 6.61 Å². The first-order valence-corrected chi connectivity index (χ1v) is 7.52. The summed E-state index contributed by atoms with van der Waals surface area (Å²) in [5.41, 5.74) is 1.70. The van der Waals surface area contributed by atoms with E-state index < -0.39 is 15.3 Å². The van der Waals surface area contributed by atoms with E-state index in [0.717, 1.165) is 11.1 Å². The van der Waals surface area contributed by atoms with Crippen LogP contribution in [-0.4, -0.2) is 36.7 Å². The predicted molar refractivity (Wildman–Crippen MR) is 75.9 cm³/mol. The van der Waals surface area contributed by atoms with Gasteiger partial charge in [0, 0.05) is 19.2 Å². The Morgan fingerprint density at radius 3 is 2.32 bits per heavy atom. The number of nitrogens with zero attached hydrogens (tertiary/aromatic N) is 1. The Morgan fingerprint density at radius 1 is 1.26 bits per heavy atom. The molecule has 1 aromatic carbocycles. The van der Waals surface area contributed by atoms with E-state index in [9.17, 15) is 8.42 Å². The monoisotopic (exact) mass is 281 g/mol. The molecule has 1 rings (SSSR count). The standard InChI is InChI=1S/C14H19NO3S/c1-12(2)19(17,18)15(3)11-14-8-6-13(7-9-14)5-4-10-16/h6-9,12,16H,10-11H2,1-3H3. The minimum Gasteiger partial charge on any atom is -0.384 e. The van der Waals surface area contributed by atoms with Gasteiger partial charge in [-0.2, -0.15) is 0 Å². The normalized spacial score (nSPS) is 11.5. The van der Waals surface area contributed by atoms with Crippen LogP contribution in [-0.2, 0) is 16.6 Å². The molecule has 0 spiro atoms. The van der Waals surface area contributed by atoms with Crippen LogP contribution in [0.5, 0.6) is 0 Å². The molecule has 5 heteroatoms. The molecule has 19 heavy (non-hydrogen) atoms. The Bertz CT molecular complexity index is 565. The van der Waals surface area contributed by atoms with Crippen LogP contribution >= 0.6 is 0 Å². The highest BCUT2D eigenvalue weighted by molar-refractivity contribution is 7.89. The molecule has 0 aliphatic heterocycles. The Kier molecular flexibility index (Phi) is 5.55. The second-order valence-corrected chi connectivity index (χ2v) is 7.10. The van der Waals surface area contributed by atoms with Crippen LogP contribution in [0.3, 0.4) is 0 Å². The predicted octanol–water partition coefficient (Wildman–Crippen LogP) is 1.20. The molecule has 0 atom stereocenters. The number of aliphatic hydroxyl groups is 1. The number of aliphatic hydroxyl groups excluding tert-OH is 1. The Hall–Kier alpha value is -1.35. The van der Waals surface area contributed by atoms with E-state index in [1.807, 2.05) is 24.3 Å². The molecule has 0 bridgehead atoms. The van der Waals surface area contributed by atoms with E-state index in [1.165, 1.54) is 4.31 Å². The summed E-state index contributed by atoms with van der Waals surface area (Å²) < 4.78 is 25.2. The van der Waals surface area contributed by atoms with Crippen LogP contribution in [0.25, 0.3) is 0 Å². The second-order valence-electron chi connectivity index (χ2n) is 4.51. The van der Waals surface area contributed by atoms with Crippen molar-refractivity contribution in [1.29, 1.82) is 0 Å². The first-order chi connectivity index (χ1) is 8.87. The van der Waals surface area contributed by atoms with Crippen LogP contribution < -0.4 is 0 Å². The molecule has 0 saturated carbocycles. The Morgan fingerprint density at radius 2 is 1.84 bits per heavy atom. The third-order valence-corrected chi connectivity index (χ3v) is 4.89. The highest BCUT2D eigenvalue weighted by Crippen LogP contribution is 2.12. The van der Waals surface area contributed by atoms with Gasteiger partial charge in [-0.05, 0) is 31.5 Å². The Balaban J connectivity index is 2.79. The lowest BCUT2D eigenvalue weighted by molar-refractivity contribution is 0.350. The molecule has 0 aliphatic carbocycles. The zero-order valence-corrected chi connectivity index (χ0v) is 12.2. The molecule has 0 unspecified atom stereocenters. The maximum Gasteiger partial charge on any atom is 0.216 e.